The maximum atomic E-state index is 5.25. The molecule has 0 amide bonds. The second-order valence-corrected chi connectivity index (χ2v) is 5.90. The number of likely N-dealkylation sites (tertiary alicyclic amines) is 1. The molecular weight excluding hydrogens is 236 g/mol. The first kappa shape index (κ1) is 16.9. The smallest absolute Gasteiger partial charge is 0.0491 e. The largest absolute Gasteiger partial charge is 0.384 e. The van der Waals surface area contributed by atoms with E-state index in [2.05, 4.69) is 17.1 Å². The molecule has 0 unspecified atom stereocenters. The summed E-state index contributed by atoms with van der Waals surface area (Å²) in [6.07, 6.45) is 9.41. The monoisotopic (exact) mass is 270 g/mol. The second-order valence-electron chi connectivity index (χ2n) is 5.90. The van der Waals surface area contributed by atoms with Gasteiger partial charge in [-0.15, -0.1) is 0 Å². The van der Waals surface area contributed by atoms with Crippen molar-refractivity contribution in [1.82, 2.24) is 10.2 Å². The molecule has 1 heterocycles. The zero-order valence-electron chi connectivity index (χ0n) is 13.1. The molecule has 3 nitrogen and oxygen atoms in total. The zero-order valence-corrected chi connectivity index (χ0v) is 13.1. The van der Waals surface area contributed by atoms with Crippen molar-refractivity contribution in [3.05, 3.63) is 0 Å². The van der Waals surface area contributed by atoms with Gasteiger partial charge >= 0.3 is 0 Å². The summed E-state index contributed by atoms with van der Waals surface area (Å²) >= 11 is 0. The van der Waals surface area contributed by atoms with E-state index in [1.807, 2.05) is 7.11 Å². The molecule has 0 aromatic heterocycles. The van der Waals surface area contributed by atoms with Crippen molar-refractivity contribution >= 4 is 0 Å². The molecule has 1 N–H and O–H groups in total. The first-order valence-electron chi connectivity index (χ1n) is 8.28. The summed E-state index contributed by atoms with van der Waals surface area (Å²) in [6.45, 7) is 9.44. The standard InChI is InChI=1S/C16H34N2O/c1-3-10-17-11-6-4-5-7-12-18-13-8-16(9-14-18)15-19-2/h16-17H,3-15H2,1-2H3. The number of rotatable bonds is 11. The first-order chi connectivity index (χ1) is 9.36. The quantitative estimate of drug-likeness (QED) is 0.584. The van der Waals surface area contributed by atoms with Gasteiger partial charge in [-0.05, 0) is 70.7 Å². The second kappa shape index (κ2) is 11.7. The molecule has 114 valence electrons. The van der Waals surface area contributed by atoms with Crippen LogP contribution in [-0.2, 0) is 4.74 Å². The number of nitrogens with zero attached hydrogens (tertiary/aromatic N) is 1. The molecule has 0 bridgehead atoms. The third-order valence-electron chi connectivity index (χ3n) is 4.11. The number of unbranched alkanes of at least 4 members (excludes halogenated alkanes) is 3. The van der Waals surface area contributed by atoms with Crippen molar-refractivity contribution in [2.24, 2.45) is 5.92 Å². The number of hydrogen-bond acceptors (Lipinski definition) is 3. The van der Waals surface area contributed by atoms with Crippen LogP contribution in [0.25, 0.3) is 0 Å². The maximum absolute atomic E-state index is 5.25. The third-order valence-corrected chi connectivity index (χ3v) is 4.11. The molecule has 0 atom stereocenters. The molecule has 3 heteroatoms. The van der Waals surface area contributed by atoms with Crippen LogP contribution in [0.2, 0.25) is 0 Å². The fraction of sp³-hybridized carbons (Fsp3) is 1.00. The van der Waals surface area contributed by atoms with Gasteiger partial charge in [-0.2, -0.15) is 0 Å². The lowest BCUT2D eigenvalue weighted by Gasteiger charge is -2.31. The number of hydrogen-bond donors (Lipinski definition) is 1. The Morgan fingerprint density at radius 1 is 1.05 bits per heavy atom. The predicted octanol–water partition coefficient (Wildman–Crippen LogP) is 2.90. The van der Waals surface area contributed by atoms with Crippen LogP contribution in [-0.4, -0.2) is 51.3 Å². The summed E-state index contributed by atoms with van der Waals surface area (Å²) in [5.74, 6) is 0.811. The van der Waals surface area contributed by atoms with Gasteiger partial charge in [0.2, 0.25) is 0 Å². The number of piperidine rings is 1. The molecule has 1 aliphatic rings. The molecule has 0 radical (unpaired) electrons. The molecule has 0 aromatic carbocycles. The van der Waals surface area contributed by atoms with Crippen LogP contribution in [0, 0.1) is 5.92 Å². The van der Waals surface area contributed by atoms with Gasteiger partial charge in [-0.3, -0.25) is 0 Å². The van der Waals surface area contributed by atoms with E-state index in [9.17, 15) is 0 Å². The van der Waals surface area contributed by atoms with Gasteiger partial charge in [-0.1, -0.05) is 19.8 Å². The van der Waals surface area contributed by atoms with E-state index >= 15 is 0 Å². The molecule has 0 spiro atoms. The summed E-state index contributed by atoms with van der Waals surface area (Å²) in [5, 5.41) is 3.47. The van der Waals surface area contributed by atoms with Crippen LogP contribution < -0.4 is 5.32 Å². The Morgan fingerprint density at radius 2 is 1.79 bits per heavy atom. The SMILES string of the molecule is CCCNCCCCCCN1CCC(COC)CC1. The average Bonchev–Trinajstić information content (AvgIpc) is 2.44. The van der Waals surface area contributed by atoms with Crippen molar-refractivity contribution in [1.29, 1.82) is 0 Å². The van der Waals surface area contributed by atoms with Gasteiger partial charge < -0.3 is 15.0 Å². The highest BCUT2D eigenvalue weighted by molar-refractivity contribution is 4.71. The Hall–Kier alpha value is -0.120. The molecule has 19 heavy (non-hydrogen) atoms. The van der Waals surface area contributed by atoms with Gasteiger partial charge in [-0.25, -0.2) is 0 Å². The van der Waals surface area contributed by atoms with E-state index in [4.69, 9.17) is 4.74 Å². The fourth-order valence-electron chi connectivity index (χ4n) is 2.85. The van der Waals surface area contributed by atoms with Crippen molar-refractivity contribution in [3.63, 3.8) is 0 Å². The fourth-order valence-corrected chi connectivity index (χ4v) is 2.85. The first-order valence-corrected chi connectivity index (χ1v) is 8.28. The Morgan fingerprint density at radius 3 is 2.47 bits per heavy atom. The van der Waals surface area contributed by atoms with E-state index in [1.54, 1.807) is 0 Å². The summed E-state index contributed by atoms with van der Waals surface area (Å²) in [5.41, 5.74) is 0. The Labute approximate surface area is 120 Å². The molecule has 0 saturated carbocycles. The molecule has 0 aliphatic carbocycles. The van der Waals surface area contributed by atoms with Gasteiger partial charge in [0.1, 0.15) is 0 Å². The molecule has 1 fully saturated rings. The van der Waals surface area contributed by atoms with Crippen LogP contribution in [0.4, 0.5) is 0 Å². The highest BCUT2D eigenvalue weighted by Crippen LogP contribution is 2.17. The lowest BCUT2D eigenvalue weighted by Crippen LogP contribution is -2.35. The topological polar surface area (TPSA) is 24.5 Å². The van der Waals surface area contributed by atoms with Crippen LogP contribution in [0.15, 0.2) is 0 Å². The lowest BCUT2D eigenvalue weighted by molar-refractivity contribution is 0.0988. The van der Waals surface area contributed by atoms with Gasteiger partial charge in [0, 0.05) is 13.7 Å². The van der Waals surface area contributed by atoms with E-state index in [1.165, 1.54) is 77.7 Å². The predicted molar refractivity (Wildman–Crippen MR) is 82.7 cm³/mol. The Balaban J connectivity index is 1.85. The number of nitrogens with one attached hydrogen (secondary N) is 1. The van der Waals surface area contributed by atoms with Crippen LogP contribution in [0.3, 0.4) is 0 Å². The van der Waals surface area contributed by atoms with Crippen molar-refractivity contribution in [2.45, 2.75) is 51.9 Å². The normalized spacial score (nSPS) is 18.0. The third kappa shape index (κ3) is 8.61. The minimum absolute atomic E-state index is 0.811. The van der Waals surface area contributed by atoms with Crippen LogP contribution in [0.5, 0.6) is 0 Å². The van der Waals surface area contributed by atoms with Gasteiger partial charge in [0.15, 0.2) is 0 Å². The summed E-state index contributed by atoms with van der Waals surface area (Å²) in [4.78, 5) is 2.64. The van der Waals surface area contributed by atoms with E-state index in [0.29, 0.717) is 0 Å². The van der Waals surface area contributed by atoms with Gasteiger partial charge in [0.25, 0.3) is 0 Å². The zero-order chi connectivity index (χ0) is 13.8. The minimum Gasteiger partial charge on any atom is -0.384 e. The van der Waals surface area contributed by atoms with E-state index in [-0.39, 0.29) is 0 Å². The Bertz CT molecular complexity index is 191. The maximum Gasteiger partial charge on any atom is 0.0491 e. The lowest BCUT2D eigenvalue weighted by atomic mass is 9.97. The highest BCUT2D eigenvalue weighted by atomic mass is 16.5. The minimum atomic E-state index is 0.811. The number of methoxy groups -OCH3 is 1. The van der Waals surface area contributed by atoms with E-state index < -0.39 is 0 Å². The molecule has 0 aromatic rings. The molecule has 1 rings (SSSR count). The number of ether oxygens (including phenoxy) is 1. The van der Waals surface area contributed by atoms with E-state index in [0.717, 1.165) is 12.5 Å². The molecule has 1 aliphatic heterocycles. The van der Waals surface area contributed by atoms with Crippen LogP contribution in [0.1, 0.15) is 51.9 Å². The molecular formula is C16H34N2O. The summed E-state index contributed by atoms with van der Waals surface area (Å²) < 4.78 is 5.25. The van der Waals surface area contributed by atoms with Crippen molar-refractivity contribution < 1.29 is 4.74 Å². The van der Waals surface area contributed by atoms with Gasteiger partial charge in [0.05, 0.1) is 0 Å². The van der Waals surface area contributed by atoms with Crippen LogP contribution >= 0.6 is 0 Å². The summed E-state index contributed by atoms with van der Waals surface area (Å²) in [7, 11) is 1.82. The molecule has 1 saturated heterocycles. The highest BCUT2D eigenvalue weighted by Gasteiger charge is 2.18. The van der Waals surface area contributed by atoms with Crippen molar-refractivity contribution in [3.8, 4) is 0 Å². The van der Waals surface area contributed by atoms with Crippen molar-refractivity contribution in [2.75, 3.05) is 46.4 Å². The average molecular weight is 270 g/mol. The Kier molecular flexibility index (Phi) is 10.4. The summed E-state index contributed by atoms with van der Waals surface area (Å²) in [6, 6.07) is 0.